The quantitative estimate of drug-likeness (QED) is 0.0741. The van der Waals surface area contributed by atoms with Crippen LogP contribution >= 0.6 is 0 Å². The van der Waals surface area contributed by atoms with E-state index in [2.05, 4.69) is 29.4 Å². The highest BCUT2D eigenvalue weighted by Crippen LogP contribution is 2.37. The van der Waals surface area contributed by atoms with E-state index in [1.165, 1.54) is 12.1 Å². The van der Waals surface area contributed by atoms with Crippen LogP contribution in [0, 0.1) is 0 Å². The summed E-state index contributed by atoms with van der Waals surface area (Å²) in [5.41, 5.74) is 9.43. The van der Waals surface area contributed by atoms with E-state index in [1.807, 2.05) is 0 Å². The summed E-state index contributed by atoms with van der Waals surface area (Å²) in [6, 6.07) is 12.8. The van der Waals surface area contributed by atoms with Crippen molar-refractivity contribution in [1.82, 2.24) is 0 Å². The number of nitrogens with two attached hydrogens (primary N) is 2. The molecular weight excluding hydrogens is 652 g/mol. The Morgan fingerprint density at radius 1 is 0.587 bits per heavy atom. The largest absolute Gasteiger partial charge is 0.507 e. The molecule has 0 fully saturated rings. The summed E-state index contributed by atoms with van der Waals surface area (Å²) in [5.74, 6) is -4.12. The van der Waals surface area contributed by atoms with E-state index in [4.69, 9.17) is 21.7 Å². The molecule has 0 heterocycles. The zero-order valence-corrected chi connectivity index (χ0v) is 24.4. The maximum atomic E-state index is 13.2. The lowest BCUT2D eigenvalue weighted by Crippen LogP contribution is -2.09. The number of anilines is 2. The first-order chi connectivity index (χ1) is 21.6. The summed E-state index contributed by atoms with van der Waals surface area (Å²) in [4.78, 5) is 21.1. The molecule has 238 valence electrons. The molecule has 0 aliphatic rings. The molecule has 0 radical (unpaired) electrons. The number of nitrogen functional groups attached to an aromatic ring is 2. The summed E-state index contributed by atoms with van der Waals surface area (Å²) < 4.78 is 62.0. The van der Waals surface area contributed by atoms with Gasteiger partial charge in [-0.05, 0) is 60.7 Å². The molecule has 0 saturated heterocycles. The molecule has 0 atom stereocenters. The standard InChI is InChI=1S/C26H20N6O12S2/c27-13-1-5-17(23(9-13)45(39,40)43-31-29-15-3-7-21(33)19(11-15)25(35)36)18-6-2-14(28)10-24(18)46(41,42)44-32-30-16-4-8-22(34)20(12-16)26(37)38/h1-12,33-34H,27-28H2,(H,35,36)(H,37,38). The molecule has 0 bridgehead atoms. The third kappa shape index (κ3) is 7.26. The van der Waals surface area contributed by atoms with Gasteiger partial charge in [-0.2, -0.15) is 16.8 Å². The van der Waals surface area contributed by atoms with Crippen molar-refractivity contribution in [3.8, 4) is 22.6 Å². The molecule has 46 heavy (non-hydrogen) atoms. The lowest BCUT2D eigenvalue weighted by molar-refractivity contribution is 0.0682. The number of carboxylic acid groups (broad SMARTS) is 2. The average Bonchev–Trinajstić information content (AvgIpc) is 2.98. The van der Waals surface area contributed by atoms with Crippen LogP contribution in [0.15, 0.2) is 103 Å². The van der Waals surface area contributed by atoms with E-state index in [9.17, 15) is 36.6 Å². The fourth-order valence-electron chi connectivity index (χ4n) is 3.75. The predicted molar refractivity (Wildman–Crippen MR) is 156 cm³/mol. The molecule has 0 saturated carbocycles. The zero-order chi connectivity index (χ0) is 33.8. The van der Waals surface area contributed by atoms with E-state index in [-0.39, 0.29) is 33.9 Å². The van der Waals surface area contributed by atoms with E-state index in [1.54, 1.807) is 0 Å². The van der Waals surface area contributed by atoms with Gasteiger partial charge in [0.25, 0.3) is 0 Å². The van der Waals surface area contributed by atoms with Gasteiger partial charge in [-0.15, -0.1) is 10.2 Å². The van der Waals surface area contributed by atoms with E-state index in [0.29, 0.717) is 0 Å². The van der Waals surface area contributed by atoms with Crippen LogP contribution < -0.4 is 11.5 Å². The second-order valence-electron chi connectivity index (χ2n) is 8.95. The van der Waals surface area contributed by atoms with Crippen molar-refractivity contribution in [3.63, 3.8) is 0 Å². The van der Waals surface area contributed by atoms with Gasteiger partial charge < -0.3 is 31.9 Å². The Morgan fingerprint density at radius 2 is 0.957 bits per heavy atom. The lowest BCUT2D eigenvalue weighted by Gasteiger charge is -2.13. The number of hydrogen-bond donors (Lipinski definition) is 6. The van der Waals surface area contributed by atoms with E-state index < -0.39 is 64.6 Å². The predicted octanol–water partition coefficient (Wildman–Crippen LogP) is 4.13. The number of carbonyl (C=O) groups is 2. The minimum atomic E-state index is -4.89. The molecule has 0 spiro atoms. The van der Waals surface area contributed by atoms with Crippen LogP contribution in [0.1, 0.15) is 20.7 Å². The van der Waals surface area contributed by atoms with Gasteiger partial charge >= 0.3 is 32.2 Å². The van der Waals surface area contributed by atoms with Gasteiger partial charge in [0.2, 0.25) is 0 Å². The van der Waals surface area contributed by atoms with Crippen LogP contribution in [0.2, 0.25) is 0 Å². The Balaban J connectivity index is 1.69. The number of nitrogens with zero attached hydrogens (tertiary/aromatic N) is 4. The van der Waals surface area contributed by atoms with Gasteiger partial charge in [-0.3, -0.25) is 0 Å². The zero-order valence-electron chi connectivity index (χ0n) is 22.7. The first-order valence-corrected chi connectivity index (χ1v) is 15.0. The second kappa shape index (κ2) is 12.8. The molecule has 0 aromatic heterocycles. The topological polar surface area (TPSA) is 303 Å². The Bertz CT molecular complexity index is 2000. The first kappa shape index (κ1) is 32.6. The Morgan fingerprint density at radius 3 is 1.30 bits per heavy atom. The molecule has 0 amide bonds. The van der Waals surface area contributed by atoms with Crippen LogP contribution in [0.3, 0.4) is 0 Å². The van der Waals surface area contributed by atoms with Crippen molar-refractivity contribution >= 4 is 54.9 Å². The Labute approximate surface area is 258 Å². The summed E-state index contributed by atoms with van der Waals surface area (Å²) in [6.07, 6.45) is 0. The number of hydrogen-bond acceptors (Lipinski definition) is 16. The molecular formula is C26H20N6O12S2. The smallest absolute Gasteiger partial charge is 0.360 e. The van der Waals surface area contributed by atoms with E-state index in [0.717, 1.165) is 60.7 Å². The monoisotopic (exact) mass is 672 g/mol. The molecule has 18 nitrogen and oxygen atoms in total. The highest BCUT2D eigenvalue weighted by atomic mass is 32.2. The van der Waals surface area contributed by atoms with Crippen molar-refractivity contribution in [2.45, 2.75) is 9.79 Å². The van der Waals surface area contributed by atoms with Crippen molar-refractivity contribution in [2.75, 3.05) is 11.5 Å². The first-order valence-electron chi connectivity index (χ1n) is 12.2. The highest BCUT2D eigenvalue weighted by molar-refractivity contribution is 7.87. The number of carboxylic acids is 2. The maximum Gasteiger partial charge on any atom is 0.360 e. The number of aromatic carboxylic acids is 2. The molecule has 20 heteroatoms. The molecule has 0 aliphatic heterocycles. The average molecular weight is 673 g/mol. The molecule has 8 N–H and O–H groups in total. The Hall–Kier alpha value is -6.28. The van der Waals surface area contributed by atoms with Crippen LogP contribution in [0.25, 0.3) is 11.1 Å². The fraction of sp³-hybridized carbons (Fsp3) is 0. The lowest BCUT2D eigenvalue weighted by atomic mass is 10.0. The molecule has 4 aromatic carbocycles. The SMILES string of the molecule is Nc1ccc(-c2ccc(N)cc2S(=O)(=O)ON=Nc2ccc(O)c(C(=O)O)c2)c(S(=O)(=O)ON=Nc2ccc(O)c(C(=O)O)c2)c1. The second-order valence-corrected chi connectivity index (χ2v) is 11.9. The van der Waals surface area contributed by atoms with Crippen molar-refractivity contribution in [2.24, 2.45) is 20.8 Å². The van der Waals surface area contributed by atoms with Crippen LogP contribution in [0.4, 0.5) is 22.7 Å². The van der Waals surface area contributed by atoms with Gasteiger partial charge in [0.1, 0.15) is 32.4 Å². The van der Waals surface area contributed by atoms with E-state index >= 15 is 0 Å². The van der Waals surface area contributed by atoms with Crippen molar-refractivity contribution in [3.05, 3.63) is 83.9 Å². The number of benzene rings is 4. The van der Waals surface area contributed by atoms with Gasteiger partial charge in [0.05, 0.1) is 11.4 Å². The Kier molecular flexibility index (Phi) is 9.05. The summed E-state index contributed by atoms with van der Waals surface area (Å²) in [6.45, 7) is 0. The highest BCUT2D eigenvalue weighted by Gasteiger charge is 2.28. The maximum absolute atomic E-state index is 13.2. The molecule has 0 unspecified atom stereocenters. The van der Waals surface area contributed by atoms with Crippen molar-refractivity contribution < 1.29 is 55.4 Å². The van der Waals surface area contributed by atoms with Crippen LogP contribution in [-0.4, -0.2) is 49.2 Å². The van der Waals surface area contributed by atoms with Gasteiger partial charge in [0, 0.05) is 33.1 Å². The third-order valence-electron chi connectivity index (χ3n) is 5.84. The summed E-state index contributed by atoms with van der Waals surface area (Å²) in [5, 5.41) is 50.7. The van der Waals surface area contributed by atoms with Gasteiger partial charge in [-0.1, -0.05) is 12.1 Å². The number of phenols is 2. The molecule has 4 rings (SSSR count). The summed E-state index contributed by atoms with van der Waals surface area (Å²) in [7, 11) is -9.78. The van der Waals surface area contributed by atoms with Gasteiger partial charge in [-0.25, -0.2) is 18.2 Å². The third-order valence-corrected chi connectivity index (χ3v) is 8.12. The van der Waals surface area contributed by atoms with Gasteiger partial charge in [0.15, 0.2) is 0 Å². The molecule has 0 aliphatic carbocycles. The van der Waals surface area contributed by atoms with Crippen LogP contribution in [0.5, 0.6) is 11.5 Å². The summed E-state index contributed by atoms with van der Waals surface area (Å²) >= 11 is 0. The minimum Gasteiger partial charge on any atom is -0.507 e. The fourth-order valence-corrected chi connectivity index (χ4v) is 5.61. The molecule has 4 aromatic rings. The van der Waals surface area contributed by atoms with Crippen molar-refractivity contribution in [1.29, 1.82) is 0 Å². The normalized spacial score (nSPS) is 11.9. The van der Waals surface area contributed by atoms with Crippen LogP contribution in [-0.2, 0) is 28.8 Å². The number of rotatable bonds is 11. The minimum absolute atomic E-state index is 0.0768. The number of aromatic hydroxyl groups is 2.